The van der Waals surface area contributed by atoms with Crippen molar-refractivity contribution >= 4 is 11.6 Å². The minimum absolute atomic E-state index is 0.520. The molecule has 1 aromatic rings. The second kappa shape index (κ2) is 7.90. The van der Waals surface area contributed by atoms with Crippen LogP contribution in [0.2, 0.25) is 5.02 Å². The molecule has 0 spiro atoms. The lowest BCUT2D eigenvalue weighted by Gasteiger charge is -2.17. The number of hydrogen-bond donors (Lipinski definition) is 1. The Morgan fingerprint density at radius 1 is 1.38 bits per heavy atom. The number of benzene rings is 1. The molecular weight excluding hydrogens is 286 g/mol. The topological polar surface area (TPSA) is 30.5 Å². The van der Waals surface area contributed by atoms with Crippen LogP contribution in [-0.4, -0.2) is 19.8 Å². The van der Waals surface area contributed by atoms with E-state index in [1.165, 1.54) is 19.3 Å². The summed E-state index contributed by atoms with van der Waals surface area (Å²) in [7, 11) is 1.66. The summed E-state index contributed by atoms with van der Waals surface area (Å²) in [6.45, 7) is 5.88. The van der Waals surface area contributed by atoms with Crippen LogP contribution < -0.4 is 14.8 Å². The summed E-state index contributed by atoms with van der Waals surface area (Å²) in [5, 5.41) is 4.11. The second-order valence-corrected chi connectivity index (χ2v) is 6.38. The van der Waals surface area contributed by atoms with Crippen LogP contribution in [0.5, 0.6) is 11.5 Å². The van der Waals surface area contributed by atoms with E-state index in [1.54, 1.807) is 7.11 Å². The molecule has 1 aliphatic rings. The van der Waals surface area contributed by atoms with Gasteiger partial charge in [0.05, 0.1) is 18.7 Å². The minimum Gasteiger partial charge on any atom is -0.493 e. The average Bonchev–Trinajstić information content (AvgIpc) is 3.27. The predicted octanol–water partition coefficient (Wildman–Crippen LogP) is 4.42. The molecule has 1 atom stereocenters. The zero-order valence-electron chi connectivity index (χ0n) is 13.2. The van der Waals surface area contributed by atoms with Crippen molar-refractivity contribution in [2.24, 2.45) is 5.92 Å². The Balaban J connectivity index is 2.01. The van der Waals surface area contributed by atoms with Crippen molar-refractivity contribution in [1.29, 1.82) is 0 Å². The van der Waals surface area contributed by atoms with Gasteiger partial charge in [0.25, 0.3) is 0 Å². The normalized spacial score (nSPS) is 15.8. The Kier molecular flexibility index (Phi) is 6.19. The molecule has 0 saturated heterocycles. The lowest BCUT2D eigenvalue weighted by molar-refractivity contribution is 0.240. The molecule has 0 aromatic heterocycles. The molecule has 3 nitrogen and oxygen atoms in total. The molecule has 1 saturated carbocycles. The molecular formula is C17H26ClNO2. The first-order valence-corrected chi connectivity index (χ1v) is 8.24. The molecule has 0 radical (unpaired) electrons. The number of nitrogens with one attached hydrogen (secondary N) is 1. The van der Waals surface area contributed by atoms with Gasteiger partial charge in [0.15, 0.2) is 11.5 Å². The Bertz CT molecular complexity index is 460. The van der Waals surface area contributed by atoms with E-state index in [0.29, 0.717) is 29.3 Å². The molecule has 4 heteroatoms. The van der Waals surface area contributed by atoms with Crippen LogP contribution in [0.25, 0.3) is 0 Å². The SMILES string of the molecule is CCCC(C)COc1c(Cl)cc(CNC2CC2)cc1OC. The summed E-state index contributed by atoms with van der Waals surface area (Å²) in [6.07, 6.45) is 4.88. The van der Waals surface area contributed by atoms with E-state index in [4.69, 9.17) is 21.1 Å². The highest BCUT2D eigenvalue weighted by Gasteiger charge is 2.20. The largest absolute Gasteiger partial charge is 0.493 e. The van der Waals surface area contributed by atoms with E-state index in [1.807, 2.05) is 12.1 Å². The van der Waals surface area contributed by atoms with E-state index in [9.17, 15) is 0 Å². The third kappa shape index (κ3) is 5.08. The molecule has 2 rings (SSSR count). The van der Waals surface area contributed by atoms with Crippen molar-refractivity contribution in [1.82, 2.24) is 5.32 Å². The molecule has 21 heavy (non-hydrogen) atoms. The number of halogens is 1. The molecule has 118 valence electrons. The maximum absolute atomic E-state index is 6.37. The summed E-state index contributed by atoms with van der Waals surface area (Å²) in [5.74, 6) is 1.91. The van der Waals surface area contributed by atoms with Crippen LogP contribution in [0.3, 0.4) is 0 Å². The monoisotopic (exact) mass is 311 g/mol. The Labute approximate surface area is 133 Å². The van der Waals surface area contributed by atoms with Crippen LogP contribution in [-0.2, 0) is 6.54 Å². The fraction of sp³-hybridized carbons (Fsp3) is 0.647. The molecule has 0 amide bonds. The zero-order chi connectivity index (χ0) is 15.2. The van der Waals surface area contributed by atoms with E-state index in [0.717, 1.165) is 24.3 Å². The molecule has 0 aliphatic heterocycles. The summed E-state index contributed by atoms with van der Waals surface area (Å²) in [5.41, 5.74) is 1.14. The summed E-state index contributed by atoms with van der Waals surface area (Å²) in [6, 6.07) is 4.67. The van der Waals surface area contributed by atoms with Gasteiger partial charge < -0.3 is 14.8 Å². The van der Waals surface area contributed by atoms with Crippen molar-refractivity contribution in [3.63, 3.8) is 0 Å². The Morgan fingerprint density at radius 2 is 2.14 bits per heavy atom. The smallest absolute Gasteiger partial charge is 0.179 e. The Hall–Kier alpha value is -0.930. The van der Waals surface area contributed by atoms with Crippen molar-refractivity contribution in [3.05, 3.63) is 22.7 Å². The van der Waals surface area contributed by atoms with Gasteiger partial charge >= 0.3 is 0 Å². The van der Waals surface area contributed by atoms with Crippen molar-refractivity contribution in [2.75, 3.05) is 13.7 Å². The number of methoxy groups -OCH3 is 1. The first-order valence-electron chi connectivity index (χ1n) is 7.86. The van der Waals surface area contributed by atoms with Crippen molar-refractivity contribution in [3.8, 4) is 11.5 Å². The lowest BCUT2D eigenvalue weighted by atomic mass is 10.1. The maximum Gasteiger partial charge on any atom is 0.179 e. The van der Waals surface area contributed by atoms with Gasteiger partial charge in [-0.05, 0) is 42.9 Å². The number of ether oxygens (including phenoxy) is 2. The highest BCUT2D eigenvalue weighted by Crippen LogP contribution is 2.37. The van der Waals surface area contributed by atoms with Gasteiger partial charge in [-0.2, -0.15) is 0 Å². The molecule has 1 aromatic carbocycles. The van der Waals surface area contributed by atoms with Gasteiger partial charge in [-0.1, -0.05) is 31.9 Å². The molecule has 1 fully saturated rings. The highest BCUT2D eigenvalue weighted by atomic mass is 35.5. The lowest BCUT2D eigenvalue weighted by Crippen LogP contribution is -2.15. The Morgan fingerprint density at radius 3 is 2.76 bits per heavy atom. The van der Waals surface area contributed by atoms with Gasteiger partial charge in [-0.25, -0.2) is 0 Å². The average molecular weight is 312 g/mol. The first kappa shape index (κ1) is 16.4. The minimum atomic E-state index is 0.520. The van der Waals surface area contributed by atoms with Crippen LogP contribution in [0.15, 0.2) is 12.1 Å². The molecule has 1 N–H and O–H groups in total. The first-order chi connectivity index (χ1) is 10.1. The zero-order valence-corrected chi connectivity index (χ0v) is 14.0. The quantitative estimate of drug-likeness (QED) is 0.732. The number of hydrogen-bond acceptors (Lipinski definition) is 3. The summed E-state index contributed by atoms with van der Waals surface area (Å²) in [4.78, 5) is 0. The van der Waals surface area contributed by atoms with E-state index in [-0.39, 0.29) is 0 Å². The second-order valence-electron chi connectivity index (χ2n) is 5.97. The standard InChI is InChI=1S/C17H26ClNO2/c1-4-5-12(2)11-21-17-15(18)8-13(9-16(17)20-3)10-19-14-6-7-14/h8-9,12,14,19H,4-7,10-11H2,1-3H3. The number of rotatable bonds is 9. The van der Waals surface area contributed by atoms with Gasteiger partial charge in [-0.15, -0.1) is 0 Å². The van der Waals surface area contributed by atoms with Crippen molar-refractivity contribution < 1.29 is 9.47 Å². The van der Waals surface area contributed by atoms with Crippen LogP contribution in [0.1, 0.15) is 45.1 Å². The highest BCUT2D eigenvalue weighted by molar-refractivity contribution is 6.32. The summed E-state index contributed by atoms with van der Waals surface area (Å²) >= 11 is 6.37. The van der Waals surface area contributed by atoms with Gasteiger partial charge in [0, 0.05) is 12.6 Å². The van der Waals surface area contributed by atoms with Gasteiger partial charge in [-0.3, -0.25) is 0 Å². The van der Waals surface area contributed by atoms with E-state index < -0.39 is 0 Å². The maximum atomic E-state index is 6.37. The third-order valence-electron chi connectivity index (χ3n) is 3.76. The molecule has 0 bridgehead atoms. The third-order valence-corrected chi connectivity index (χ3v) is 4.04. The fourth-order valence-corrected chi connectivity index (χ4v) is 2.65. The summed E-state index contributed by atoms with van der Waals surface area (Å²) < 4.78 is 11.3. The van der Waals surface area contributed by atoms with Crippen molar-refractivity contribution in [2.45, 2.75) is 52.1 Å². The predicted molar refractivity (Wildman–Crippen MR) is 87.4 cm³/mol. The molecule has 1 unspecified atom stereocenters. The molecule has 0 heterocycles. The van der Waals surface area contributed by atoms with Crippen LogP contribution in [0.4, 0.5) is 0 Å². The molecule has 1 aliphatic carbocycles. The fourth-order valence-electron chi connectivity index (χ4n) is 2.37. The van der Waals surface area contributed by atoms with E-state index in [2.05, 4.69) is 19.2 Å². The van der Waals surface area contributed by atoms with Crippen LogP contribution >= 0.6 is 11.6 Å². The van der Waals surface area contributed by atoms with Gasteiger partial charge in [0.1, 0.15) is 0 Å². The van der Waals surface area contributed by atoms with Crippen LogP contribution in [0, 0.1) is 5.92 Å². The van der Waals surface area contributed by atoms with E-state index >= 15 is 0 Å². The van der Waals surface area contributed by atoms with Gasteiger partial charge in [0.2, 0.25) is 0 Å².